The standard InChI is InChI=1S/C26H25N7O4/c34-23-7-10-27-24(29-23)17-8-11-32(12-9-17)25(35)18-3-2-6-22(14-18)33-16-21(30-31-33)15-28-20-5-1-4-19(13-20)26(36)37/h1-7,10,13-14,16-17,28H,8-9,11-12,15H2,(H,36,37)(H,27,29,34). The molecule has 0 radical (unpaired) electrons. The maximum Gasteiger partial charge on any atom is 0.335 e. The van der Waals surface area contributed by atoms with Gasteiger partial charge in [-0.15, -0.1) is 5.10 Å². The fourth-order valence-corrected chi connectivity index (χ4v) is 4.37. The number of likely N-dealkylation sites (tertiary alicyclic amines) is 1. The molecule has 37 heavy (non-hydrogen) atoms. The number of hydrogen-bond acceptors (Lipinski definition) is 7. The molecule has 5 rings (SSSR count). The lowest BCUT2D eigenvalue weighted by atomic mass is 9.95. The summed E-state index contributed by atoms with van der Waals surface area (Å²) in [6, 6.07) is 15.2. The molecule has 0 spiro atoms. The molecule has 0 saturated carbocycles. The first-order valence-electron chi connectivity index (χ1n) is 11.9. The molecule has 0 atom stereocenters. The zero-order chi connectivity index (χ0) is 25.8. The number of hydrogen-bond donors (Lipinski definition) is 3. The van der Waals surface area contributed by atoms with Gasteiger partial charge in [0.05, 0.1) is 24.0 Å². The number of carboxylic acid groups (broad SMARTS) is 1. The lowest BCUT2D eigenvalue weighted by Gasteiger charge is -2.31. The Bertz CT molecular complexity index is 1490. The average molecular weight is 500 g/mol. The molecule has 3 heterocycles. The van der Waals surface area contributed by atoms with Gasteiger partial charge in [-0.05, 0) is 49.2 Å². The number of anilines is 1. The molecular weight excluding hydrogens is 474 g/mol. The van der Waals surface area contributed by atoms with Crippen LogP contribution in [-0.4, -0.2) is 59.9 Å². The van der Waals surface area contributed by atoms with Crippen molar-refractivity contribution in [2.24, 2.45) is 0 Å². The highest BCUT2D eigenvalue weighted by Crippen LogP contribution is 2.26. The topological polar surface area (TPSA) is 146 Å². The zero-order valence-corrected chi connectivity index (χ0v) is 19.9. The average Bonchev–Trinajstić information content (AvgIpc) is 3.41. The Hall–Kier alpha value is -4.80. The van der Waals surface area contributed by atoms with Crippen LogP contribution in [0, 0.1) is 0 Å². The number of carbonyl (C=O) groups is 2. The van der Waals surface area contributed by atoms with Crippen molar-refractivity contribution >= 4 is 17.6 Å². The zero-order valence-electron chi connectivity index (χ0n) is 19.9. The van der Waals surface area contributed by atoms with Gasteiger partial charge in [-0.1, -0.05) is 17.3 Å². The van der Waals surface area contributed by atoms with E-state index in [-0.39, 0.29) is 22.9 Å². The van der Waals surface area contributed by atoms with Crippen LogP contribution in [-0.2, 0) is 6.54 Å². The van der Waals surface area contributed by atoms with E-state index in [9.17, 15) is 14.4 Å². The van der Waals surface area contributed by atoms with Crippen molar-refractivity contribution in [2.75, 3.05) is 18.4 Å². The van der Waals surface area contributed by atoms with Crippen molar-refractivity contribution in [3.63, 3.8) is 0 Å². The van der Waals surface area contributed by atoms with Gasteiger partial charge in [-0.2, -0.15) is 0 Å². The van der Waals surface area contributed by atoms with Crippen LogP contribution in [0.2, 0.25) is 0 Å². The summed E-state index contributed by atoms with van der Waals surface area (Å²) in [5, 5.41) is 20.7. The molecule has 1 saturated heterocycles. The van der Waals surface area contributed by atoms with Crippen LogP contribution in [0.1, 0.15) is 51.0 Å². The summed E-state index contributed by atoms with van der Waals surface area (Å²) in [5.74, 6) is -0.251. The third-order valence-corrected chi connectivity index (χ3v) is 6.34. The normalized spacial score (nSPS) is 13.9. The summed E-state index contributed by atoms with van der Waals surface area (Å²) in [6.07, 6.45) is 4.73. The molecule has 11 nitrogen and oxygen atoms in total. The van der Waals surface area contributed by atoms with Crippen LogP contribution in [0.4, 0.5) is 5.69 Å². The minimum atomic E-state index is -0.988. The van der Waals surface area contributed by atoms with E-state index in [1.807, 2.05) is 17.0 Å². The van der Waals surface area contributed by atoms with Gasteiger partial charge in [0.15, 0.2) is 0 Å². The number of rotatable bonds is 7. The number of H-pyrrole nitrogens is 1. The molecule has 1 fully saturated rings. The molecule has 1 aliphatic rings. The number of aromatic carboxylic acids is 1. The third kappa shape index (κ3) is 5.56. The van der Waals surface area contributed by atoms with Crippen molar-refractivity contribution in [2.45, 2.75) is 25.3 Å². The summed E-state index contributed by atoms with van der Waals surface area (Å²) >= 11 is 0. The number of aromatic amines is 1. The van der Waals surface area contributed by atoms with Gasteiger partial charge >= 0.3 is 5.97 Å². The van der Waals surface area contributed by atoms with Crippen molar-refractivity contribution in [3.8, 4) is 5.69 Å². The number of nitrogens with one attached hydrogen (secondary N) is 2. The number of benzene rings is 2. The van der Waals surface area contributed by atoms with E-state index in [2.05, 4.69) is 25.6 Å². The third-order valence-electron chi connectivity index (χ3n) is 6.34. The highest BCUT2D eigenvalue weighted by molar-refractivity contribution is 5.94. The minimum Gasteiger partial charge on any atom is -0.478 e. The maximum absolute atomic E-state index is 13.2. The Morgan fingerprint density at radius 2 is 1.84 bits per heavy atom. The molecular formula is C26H25N7O4. The summed E-state index contributed by atoms with van der Waals surface area (Å²) in [4.78, 5) is 44.8. The lowest BCUT2D eigenvalue weighted by Crippen LogP contribution is -2.38. The highest BCUT2D eigenvalue weighted by atomic mass is 16.4. The second-order valence-corrected chi connectivity index (χ2v) is 8.83. The van der Waals surface area contributed by atoms with Crippen LogP contribution < -0.4 is 10.9 Å². The molecule has 2 aromatic heterocycles. The Morgan fingerprint density at radius 1 is 1.05 bits per heavy atom. The smallest absolute Gasteiger partial charge is 0.335 e. The molecule has 2 aromatic carbocycles. The van der Waals surface area contributed by atoms with Gasteiger partial charge < -0.3 is 20.3 Å². The predicted octanol–water partition coefficient (Wildman–Crippen LogP) is 2.68. The van der Waals surface area contributed by atoms with Gasteiger partial charge in [-0.25, -0.2) is 14.5 Å². The maximum atomic E-state index is 13.2. The van der Waals surface area contributed by atoms with E-state index in [0.717, 1.165) is 12.8 Å². The van der Waals surface area contributed by atoms with E-state index in [0.29, 0.717) is 48.1 Å². The minimum absolute atomic E-state index is 0.0601. The van der Waals surface area contributed by atoms with Crippen LogP contribution in [0.25, 0.3) is 5.69 Å². The molecule has 0 bridgehead atoms. The lowest BCUT2D eigenvalue weighted by molar-refractivity contribution is 0.0692. The van der Waals surface area contributed by atoms with Crippen LogP contribution in [0.5, 0.6) is 0 Å². The second kappa shape index (κ2) is 10.4. The van der Waals surface area contributed by atoms with Crippen LogP contribution in [0.3, 0.4) is 0 Å². The van der Waals surface area contributed by atoms with Crippen molar-refractivity contribution in [1.82, 2.24) is 29.9 Å². The summed E-state index contributed by atoms with van der Waals surface area (Å²) in [6.45, 7) is 1.52. The van der Waals surface area contributed by atoms with Gasteiger partial charge in [0.2, 0.25) is 0 Å². The predicted molar refractivity (Wildman–Crippen MR) is 135 cm³/mol. The Kier molecular flexibility index (Phi) is 6.75. The molecule has 4 aromatic rings. The Labute approximate surface area is 211 Å². The molecule has 0 unspecified atom stereocenters. The van der Waals surface area contributed by atoms with Crippen LogP contribution >= 0.6 is 0 Å². The number of carboxylic acids is 1. The molecule has 1 amide bonds. The first kappa shape index (κ1) is 23.9. The van der Waals surface area contributed by atoms with E-state index >= 15 is 0 Å². The quantitative estimate of drug-likeness (QED) is 0.352. The summed E-state index contributed by atoms with van der Waals surface area (Å²) in [7, 11) is 0. The van der Waals surface area contributed by atoms with E-state index in [1.165, 1.54) is 18.3 Å². The Balaban J connectivity index is 1.21. The number of amides is 1. The summed E-state index contributed by atoms with van der Waals surface area (Å²) < 4.78 is 1.60. The van der Waals surface area contributed by atoms with E-state index in [4.69, 9.17) is 5.11 Å². The molecule has 188 valence electrons. The van der Waals surface area contributed by atoms with E-state index in [1.54, 1.807) is 41.2 Å². The fraction of sp³-hybridized carbons (Fsp3) is 0.231. The number of carbonyl (C=O) groups excluding carboxylic acids is 1. The van der Waals surface area contributed by atoms with E-state index < -0.39 is 5.97 Å². The van der Waals surface area contributed by atoms with Crippen molar-refractivity contribution in [1.29, 1.82) is 0 Å². The molecule has 1 aliphatic heterocycles. The number of aromatic nitrogens is 5. The van der Waals surface area contributed by atoms with Gasteiger partial charge in [0, 0.05) is 42.5 Å². The largest absolute Gasteiger partial charge is 0.478 e. The van der Waals surface area contributed by atoms with Gasteiger partial charge in [0.25, 0.3) is 11.5 Å². The number of nitrogens with zero attached hydrogens (tertiary/aromatic N) is 5. The fourth-order valence-electron chi connectivity index (χ4n) is 4.37. The molecule has 11 heteroatoms. The van der Waals surface area contributed by atoms with Gasteiger partial charge in [0.1, 0.15) is 11.5 Å². The SMILES string of the molecule is O=C(O)c1cccc(NCc2cn(-c3cccc(C(=O)N4CCC(c5nccc(=O)[nH]5)CC4)c3)nn2)c1. The highest BCUT2D eigenvalue weighted by Gasteiger charge is 2.26. The first-order chi connectivity index (χ1) is 18.0. The van der Waals surface area contributed by atoms with Crippen molar-refractivity contribution in [3.05, 3.63) is 100.0 Å². The number of piperidine rings is 1. The molecule has 3 N–H and O–H groups in total. The van der Waals surface area contributed by atoms with Gasteiger partial charge in [-0.3, -0.25) is 9.59 Å². The second-order valence-electron chi connectivity index (χ2n) is 8.83. The van der Waals surface area contributed by atoms with Crippen molar-refractivity contribution < 1.29 is 14.7 Å². The first-order valence-corrected chi connectivity index (χ1v) is 11.9. The van der Waals surface area contributed by atoms with Crippen LogP contribution in [0.15, 0.2) is 71.8 Å². The monoisotopic (exact) mass is 499 g/mol. The summed E-state index contributed by atoms with van der Waals surface area (Å²) in [5.41, 5.74) is 2.62. The Morgan fingerprint density at radius 3 is 2.62 bits per heavy atom. The molecule has 0 aliphatic carbocycles.